The van der Waals surface area contributed by atoms with Crippen LogP contribution in [0.4, 0.5) is 0 Å². The summed E-state index contributed by atoms with van der Waals surface area (Å²) in [5.74, 6) is 1.19. The van der Waals surface area contributed by atoms with Crippen molar-refractivity contribution in [3.63, 3.8) is 0 Å². The van der Waals surface area contributed by atoms with Crippen molar-refractivity contribution in [2.24, 2.45) is 5.92 Å². The van der Waals surface area contributed by atoms with E-state index in [-0.39, 0.29) is 11.9 Å². The van der Waals surface area contributed by atoms with Crippen LogP contribution in [0.25, 0.3) is 0 Å². The summed E-state index contributed by atoms with van der Waals surface area (Å²) in [6, 6.07) is 10.7. The monoisotopic (exact) mass is 343 g/mol. The highest BCUT2D eigenvalue weighted by Crippen LogP contribution is 2.28. The normalized spacial score (nSPS) is 20.0. The van der Waals surface area contributed by atoms with Crippen molar-refractivity contribution in [3.05, 3.63) is 35.9 Å². The molecule has 0 aromatic heterocycles. The van der Waals surface area contributed by atoms with Crippen LogP contribution in [0.5, 0.6) is 0 Å². The predicted octanol–water partition coefficient (Wildman–Crippen LogP) is 3.06. The summed E-state index contributed by atoms with van der Waals surface area (Å²) >= 11 is 0. The lowest BCUT2D eigenvalue weighted by Gasteiger charge is -2.37. The van der Waals surface area contributed by atoms with Crippen molar-refractivity contribution in [2.45, 2.75) is 51.6 Å². The molecule has 4 heteroatoms. The van der Waals surface area contributed by atoms with E-state index in [0.717, 1.165) is 50.5 Å². The lowest BCUT2D eigenvalue weighted by atomic mass is 10.00. The zero-order valence-corrected chi connectivity index (χ0v) is 15.8. The maximum absolute atomic E-state index is 13.3. The van der Waals surface area contributed by atoms with Gasteiger partial charge in [-0.25, -0.2) is 0 Å². The molecule has 1 aromatic rings. The molecule has 1 aromatic carbocycles. The Kier molecular flexibility index (Phi) is 6.49. The number of carbonyl (C=O) groups excluding carboxylic acids is 1. The first-order valence-corrected chi connectivity index (χ1v) is 10.0. The largest absolute Gasteiger partial charge is 0.341 e. The van der Waals surface area contributed by atoms with Crippen molar-refractivity contribution in [1.82, 2.24) is 15.1 Å². The Morgan fingerprint density at radius 3 is 2.32 bits per heavy atom. The quantitative estimate of drug-likeness (QED) is 0.788. The first-order valence-electron chi connectivity index (χ1n) is 10.0. The lowest BCUT2D eigenvalue weighted by Crippen LogP contribution is -2.49. The van der Waals surface area contributed by atoms with Gasteiger partial charge in [-0.3, -0.25) is 9.69 Å². The van der Waals surface area contributed by atoms with Gasteiger partial charge in [0.15, 0.2) is 0 Å². The van der Waals surface area contributed by atoms with Crippen molar-refractivity contribution >= 4 is 5.91 Å². The summed E-state index contributed by atoms with van der Waals surface area (Å²) in [5, 5.41) is 3.70. The van der Waals surface area contributed by atoms with Crippen LogP contribution >= 0.6 is 0 Å². The molecule has 138 valence electrons. The Hall–Kier alpha value is -1.39. The standard InChI is InChI=1S/C21H33N3O/c1-3-23(4-2)20(18-8-6-5-7-9-18)21(25)24-14-12-19(13-15-24)22-16-17-10-11-17/h5-9,17,19-20,22H,3-4,10-16H2,1-2H3. The third kappa shape index (κ3) is 4.83. The van der Waals surface area contributed by atoms with E-state index in [2.05, 4.69) is 41.1 Å². The molecular weight excluding hydrogens is 310 g/mol. The Balaban J connectivity index is 1.62. The Labute approximate surface area is 152 Å². The fraction of sp³-hybridized carbons (Fsp3) is 0.667. The molecule has 1 unspecified atom stereocenters. The predicted molar refractivity (Wildman–Crippen MR) is 102 cm³/mol. The molecule has 1 amide bonds. The molecule has 1 aliphatic carbocycles. The summed E-state index contributed by atoms with van der Waals surface area (Å²) in [6.45, 7) is 8.99. The zero-order valence-electron chi connectivity index (χ0n) is 15.8. The fourth-order valence-corrected chi connectivity index (χ4v) is 3.87. The topological polar surface area (TPSA) is 35.6 Å². The summed E-state index contributed by atoms with van der Waals surface area (Å²) in [7, 11) is 0. The molecule has 1 N–H and O–H groups in total. The van der Waals surface area contributed by atoms with Crippen LogP contribution in [0.15, 0.2) is 30.3 Å². The second-order valence-electron chi connectivity index (χ2n) is 7.49. The van der Waals surface area contributed by atoms with E-state index < -0.39 is 0 Å². The van der Waals surface area contributed by atoms with E-state index in [0.29, 0.717) is 6.04 Å². The minimum Gasteiger partial charge on any atom is -0.341 e. The maximum Gasteiger partial charge on any atom is 0.244 e. The highest BCUT2D eigenvalue weighted by molar-refractivity contribution is 5.83. The second-order valence-corrected chi connectivity index (χ2v) is 7.49. The van der Waals surface area contributed by atoms with Crippen LogP contribution in [0, 0.1) is 5.92 Å². The molecule has 1 saturated heterocycles. The van der Waals surface area contributed by atoms with E-state index in [1.165, 1.54) is 19.4 Å². The number of amides is 1. The third-order valence-electron chi connectivity index (χ3n) is 5.73. The first-order chi connectivity index (χ1) is 12.2. The van der Waals surface area contributed by atoms with Gasteiger partial charge in [0.1, 0.15) is 6.04 Å². The van der Waals surface area contributed by atoms with Gasteiger partial charge in [0, 0.05) is 19.1 Å². The fourth-order valence-electron chi connectivity index (χ4n) is 3.87. The highest BCUT2D eigenvalue weighted by atomic mass is 16.2. The number of likely N-dealkylation sites (tertiary alicyclic amines) is 1. The van der Waals surface area contributed by atoms with Gasteiger partial charge in [-0.2, -0.15) is 0 Å². The van der Waals surface area contributed by atoms with Crippen LogP contribution in [0.2, 0.25) is 0 Å². The van der Waals surface area contributed by atoms with Crippen LogP contribution < -0.4 is 5.32 Å². The number of rotatable bonds is 8. The molecule has 1 atom stereocenters. The summed E-state index contributed by atoms with van der Waals surface area (Å²) in [4.78, 5) is 17.7. The number of carbonyl (C=O) groups is 1. The minimum atomic E-state index is -0.146. The Morgan fingerprint density at radius 2 is 1.76 bits per heavy atom. The molecule has 3 rings (SSSR count). The van der Waals surface area contributed by atoms with Gasteiger partial charge < -0.3 is 10.2 Å². The van der Waals surface area contributed by atoms with E-state index >= 15 is 0 Å². The zero-order chi connectivity index (χ0) is 17.6. The summed E-state index contributed by atoms with van der Waals surface area (Å²) < 4.78 is 0. The van der Waals surface area contributed by atoms with Crippen molar-refractivity contribution < 1.29 is 4.79 Å². The molecule has 25 heavy (non-hydrogen) atoms. The Morgan fingerprint density at radius 1 is 1.12 bits per heavy atom. The van der Waals surface area contributed by atoms with E-state index in [4.69, 9.17) is 0 Å². The maximum atomic E-state index is 13.3. The molecule has 1 aliphatic heterocycles. The van der Waals surface area contributed by atoms with Gasteiger partial charge in [0.2, 0.25) is 5.91 Å². The van der Waals surface area contributed by atoms with Crippen molar-refractivity contribution in [1.29, 1.82) is 0 Å². The number of piperidine rings is 1. The molecule has 0 spiro atoms. The number of hydrogen-bond donors (Lipinski definition) is 1. The van der Waals surface area contributed by atoms with Gasteiger partial charge in [-0.1, -0.05) is 44.2 Å². The second kappa shape index (κ2) is 8.81. The van der Waals surface area contributed by atoms with Crippen molar-refractivity contribution in [3.8, 4) is 0 Å². The van der Waals surface area contributed by atoms with E-state index in [1.54, 1.807) is 0 Å². The van der Waals surface area contributed by atoms with Gasteiger partial charge in [0.25, 0.3) is 0 Å². The molecule has 0 bridgehead atoms. The number of nitrogens with zero attached hydrogens (tertiary/aromatic N) is 2. The Bertz CT molecular complexity index is 531. The van der Waals surface area contributed by atoms with Crippen LogP contribution in [0.3, 0.4) is 0 Å². The van der Waals surface area contributed by atoms with Crippen molar-refractivity contribution in [2.75, 3.05) is 32.7 Å². The highest BCUT2D eigenvalue weighted by Gasteiger charge is 2.32. The molecule has 1 saturated carbocycles. The van der Waals surface area contributed by atoms with Crippen LogP contribution in [-0.2, 0) is 4.79 Å². The number of benzene rings is 1. The minimum absolute atomic E-state index is 0.146. The summed E-state index contributed by atoms with van der Waals surface area (Å²) in [5.41, 5.74) is 1.12. The molecule has 1 heterocycles. The van der Waals surface area contributed by atoms with Crippen LogP contribution in [-0.4, -0.2) is 54.5 Å². The van der Waals surface area contributed by atoms with E-state index in [1.807, 2.05) is 18.2 Å². The smallest absolute Gasteiger partial charge is 0.244 e. The average Bonchev–Trinajstić information content (AvgIpc) is 3.49. The lowest BCUT2D eigenvalue weighted by molar-refractivity contribution is -0.138. The van der Waals surface area contributed by atoms with Gasteiger partial charge in [0.05, 0.1) is 0 Å². The number of likely N-dealkylation sites (N-methyl/N-ethyl adjacent to an activating group) is 1. The summed E-state index contributed by atoms with van der Waals surface area (Å²) in [6.07, 6.45) is 4.95. The SMILES string of the molecule is CCN(CC)C(C(=O)N1CCC(NCC2CC2)CC1)c1ccccc1. The molecule has 4 nitrogen and oxygen atoms in total. The first kappa shape index (κ1) is 18.4. The number of nitrogens with one attached hydrogen (secondary N) is 1. The number of hydrogen-bond acceptors (Lipinski definition) is 3. The average molecular weight is 344 g/mol. The van der Waals surface area contributed by atoms with Gasteiger partial charge in [-0.15, -0.1) is 0 Å². The van der Waals surface area contributed by atoms with Gasteiger partial charge >= 0.3 is 0 Å². The van der Waals surface area contributed by atoms with Crippen LogP contribution in [0.1, 0.15) is 51.1 Å². The third-order valence-corrected chi connectivity index (χ3v) is 5.73. The molecule has 0 radical (unpaired) electrons. The van der Waals surface area contributed by atoms with Gasteiger partial charge in [-0.05, 0) is 56.8 Å². The molecule has 2 aliphatic rings. The van der Waals surface area contributed by atoms with E-state index in [9.17, 15) is 4.79 Å². The molecular formula is C21H33N3O. The molecule has 2 fully saturated rings.